The van der Waals surface area contributed by atoms with Crippen LogP contribution in [0.4, 0.5) is 0 Å². The minimum atomic E-state index is -0.101. The van der Waals surface area contributed by atoms with Gasteiger partial charge in [-0.05, 0) is 40.1 Å². The van der Waals surface area contributed by atoms with Crippen LogP contribution in [-0.4, -0.2) is 5.91 Å². The zero-order chi connectivity index (χ0) is 12.3. The Morgan fingerprint density at radius 2 is 1.94 bits per heavy atom. The van der Waals surface area contributed by atoms with E-state index < -0.39 is 0 Å². The van der Waals surface area contributed by atoms with Gasteiger partial charge in [-0.1, -0.05) is 23.7 Å². The molecule has 0 spiro atoms. The van der Waals surface area contributed by atoms with Crippen LogP contribution in [0.3, 0.4) is 0 Å². The zero-order valence-corrected chi connectivity index (χ0v) is 10.9. The Kier molecular flexibility index (Phi) is 3.82. The van der Waals surface area contributed by atoms with E-state index in [4.69, 9.17) is 11.6 Å². The lowest BCUT2D eigenvalue weighted by Gasteiger charge is -2.17. The molecule has 0 aliphatic carbocycles. The van der Waals surface area contributed by atoms with Crippen LogP contribution >= 0.6 is 22.9 Å². The average Bonchev–Trinajstić information content (AvgIpc) is 2.80. The van der Waals surface area contributed by atoms with E-state index >= 15 is 0 Å². The van der Waals surface area contributed by atoms with Gasteiger partial charge in [0.2, 0.25) is 5.91 Å². The smallest absolute Gasteiger partial charge is 0.217 e. The van der Waals surface area contributed by atoms with Crippen molar-refractivity contribution < 1.29 is 4.79 Å². The molecule has 1 N–H and O–H groups in total. The van der Waals surface area contributed by atoms with Crippen LogP contribution in [0.15, 0.2) is 41.1 Å². The molecule has 0 saturated carbocycles. The molecular formula is C13H12ClNOS. The standard InChI is InChI=1S/C13H12ClNOS/c1-9(16)15-13(11-6-7-17-8-11)10-2-4-12(14)5-3-10/h2-8,13H,1H3,(H,15,16)/t13-/m1/s1. The number of hydrogen-bond donors (Lipinski definition) is 1. The van der Waals surface area contributed by atoms with Gasteiger partial charge >= 0.3 is 0 Å². The molecular weight excluding hydrogens is 254 g/mol. The summed E-state index contributed by atoms with van der Waals surface area (Å²) in [7, 11) is 0. The first kappa shape index (κ1) is 12.1. The van der Waals surface area contributed by atoms with Crippen molar-refractivity contribution in [1.82, 2.24) is 5.32 Å². The minimum Gasteiger partial charge on any atom is -0.345 e. The predicted molar refractivity (Wildman–Crippen MR) is 71.4 cm³/mol. The van der Waals surface area contributed by atoms with E-state index in [9.17, 15) is 4.79 Å². The highest BCUT2D eigenvalue weighted by Crippen LogP contribution is 2.25. The van der Waals surface area contributed by atoms with Crippen LogP contribution in [0.2, 0.25) is 5.02 Å². The number of carbonyl (C=O) groups is 1. The highest BCUT2D eigenvalue weighted by atomic mass is 35.5. The molecule has 1 aromatic heterocycles. The number of amides is 1. The van der Waals surface area contributed by atoms with Gasteiger partial charge in [0.15, 0.2) is 0 Å². The topological polar surface area (TPSA) is 29.1 Å². The Balaban J connectivity index is 2.33. The van der Waals surface area contributed by atoms with Crippen LogP contribution in [0.25, 0.3) is 0 Å². The van der Waals surface area contributed by atoms with Crippen molar-refractivity contribution in [3.8, 4) is 0 Å². The molecule has 0 aliphatic rings. The molecule has 0 bridgehead atoms. The number of thiophene rings is 1. The maximum Gasteiger partial charge on any atom is 0.217 e. The Hall–Kier alpha value is -1.32. The van der Waals surface area contributed by atoms with E-state index in [1.54, 1.807) is 11.3 Å². The van der Waals surface area contributed by atoms with Crippen molar-refractivity contribution in [2.75, 3.05) is 0 Å². The molecule has 1 aromatic carbocycles. The molecule has 0 radical (unpaired) electrons. The molecule has 1 heterocycles. The molecule has 0 aliphatic heterocycles. The third-order valence-electron chi connectivity index (χ3n) is 2.43. The van der Waals surface area contributed by atoms with Gasteiger partial charge in [-0.25, -0.2) is 0 Å². The van der Waals surface area contributed by atoms with Crippen molar-refractivity contribution in [2.24, 2.45) is 0 Å². The molecule has 1 atom stereocenters. The summed E-state index contributed by atoms with van der Waals surface area (Å²) in [6.07, 6.45) is 0. The maximum absolute atomic E-state index is 11.3. The van der Waals surface area contributed by atoms with Gasteiger partial charge in [0.25, 0.3) is 0 Å². The summed E-state index contributed by atoms with van der Waals surface area (Å²) in [6.45, 7) is 1.52. The molecule has 0 unspecified atom stereocenters. The van der Waals surface area contributed by atoms with Crippen LogP contribution in [0.1, 0.15) is 24.1 Å². The minimum absolute atomic E-state index is 0.0452. The van der Waals surface area contributed by atoms with Gasteiger partial charge in [-0.15, -0.1) is 0 Å². The van der Waals surface area contributed by atoms with Crippen LogP contribution in [0, 0.1) is 0 Å². The van der Waals surface area contributed by atoms with Gasteiger partial charge in [0.05, 0.1) is 6.04 Å². The summed E-state index contributed by atoms with van der Waals surface area (Å²) in [5.41, 5.74) is 2.12. The Morgan fingerprint density at radius 1 is 1.24 bits per heavy atom. The summed E-state index contributed by atoms with van der Waals surface area (Å²) in [5.74, 6) is -0.0452. The van der Waals surface area contributed by atoms with Crippen LogP contribution in [-0.2, 0) is 4.79 Å². The maximum atomic E-state index is 11.3. The SMILES string of the molecule is CC(=O)N[C@H](c1ccc(Cl)cc1)c1ccsc1. The van der Waals surface area contributed by atoms with Crippen molar-refractivity contribution in [1.29, 1.82) is 0 Å². The predicted octanol–water partition coefficient (Wildman–Crippen LogP) is 3.63. The third kappa shape index (κ3) is 3.08. The van der Waals surface area contributed by atoms with Gasteiger partial charge in [0, 0.05) is 11.9 Å². The lowest BCUT2D eigenvalue weighted by atomic mass is 10.0. The average molecular weight is 266 g/mol. The van der Waals surface area contributed by atoms with E-state index in [2.05, 4.69) is 5.32 Å². The Labute approximate surface area is 109 Å². The first-order valence-electron chi connectivity index (χ1n) is 5.21. The fourth-order valence-corrected chi connectivity index (χ4v) is 2.47. The van der Waals surface area contributed by atoms with E-state index in [-0.39, 0.29) is 11.9 Å². The van der Waals surface area contributed by atoms with E-state index in [1.165, 1.54) is 6.92 Å². The summed E-state index contributed by atoms with van der Waals surface area (Å²) in [6, 6.07) is 9.44. The Bertz CT molecular complexity index is 493. The molecule has 0 fully saturated rings. The molecule has 88 valence electrons. The lowest BCUT2D eigenvalue weighted by molar-refractivity contribution is -0.119. The lowest BCUT2D eigenvalue weighted by Crippen LogP contribution is -2.26. The van der Waals surface area contributed by atoms with Gasteiger partial charge in [0.1, 0.15) is 0 Å². The normalized spacial score (nSPS) is 12.1. The largest absolute Gasteiger partial charge is 0.345 e. The number of halogens is 1. The Morgan fingerprint density at radius 3 is 2.47 bits per heavy atom. The van der Waals surface area contributed by atoms with E-state index in [0.29, 0.717) is 5.02 Å². The number of hydrogen-bond acceptors (Lipinski definition) is 2. The van der Waals surface area contributed by atoms with Gasteiger partial charge in [-0.3, -0.25) is 4.79 Å². The fourth-order valence-electron chi connectivity index (χ4n) is 1.66. The highest BCUT2D eigenvalue weighted by molar-refractivity contribution is 7.08. The fraction of sp³-hybridized carbons (Fsp3) is 0.154. The van der Waals surface area contributed by atoms with Crippen LogP contribution < -0.4 is 5.32 Å². The molecule has 2 nitrogen and oxygen atoms in total. The highest BCUT2D eigenvalue weighted by Gasteiger charge is 2.15. The molecule has 2 rings (SSSR count). The van der Waals surface area contributed by atoms with Gasteiger partial charge < -0.3 is 5.32 Å². The summed E-state index contributed by atoms with van der Waals surface area (Å²) in [5, 5.41) is 7.67. The second-order valence-electron chi connectivity index (χ2n) is 3.74. The van der Waals surface area contributed by atoms with E-state index in [1.807, 2.05) is 41.1 Å². The van der Waals surface area contributed by atoms with Gasteiger partial charge in [-0.2, -0.15) is 11.3 Å². The quantitative estimate of drug-likeness (QED) is 0.902. The van der Waals surface area contributed by atoms with Crippen molar-refractivity contribution in [2.45, 2.75) is 13.0 Å². The monoisotopic (exact) mass is 265 g/mol. The second kappa shape index (κ2) is 5.34. The number of benzene rings is 1. The molecule has 1 amide bonds. The summed E-state index contributed by atoms with van der Waals surface area (Å²) < 4.78 is 0. The molecule has 0 saturated heterocycles. The zero-order valence-electron chi connectivity index (χ0n) is 9.31. The molecule has 4 heteroatoms. The number of carbonyl (C=O) groups excluding carboxylic acids is 1. The van der Waals surface area contributed by atoms with E-state index in [0.717, 1.165) is 11.1 Å². The van der Waals surface area contributed by atoms with Crippen LogP contribution in [0.5, 0.6) is 0 Å². The van der Waals surface area contributed by atoms with Crippen molar-refractivity contribution >= 4 is 28.8 Å². The number of nitrogens with one attached hydrogen (secondary N) is 1. The first-order valence-corrected chi connectivity index (χ1v) is 6.53. The van der Waals surface area contributed by atoms with Crippen molar-refractivity contribution in [3.63, 3.8) is 0 Å². The summed E-state index contributed by atoms with van der Waals surface area (Å²) >= 11 is 7.48. The third-order valence-corrected chi connectivity index (χ3v) is 3.38. The summed E-state index contributed by atoms with van der Waals surface area (Å²) in [4.78, 5) is 11.3. The molecule has 17 heavy (non-hydrogen) atoms. The number of rotatable bonds is 3. The first-order chi connectivity index (χ1) is 8.16. The second-order valence-corrected chi connectivity index (χ2v) is 4.96. The molecule has 2 aromatic rings. The van der Waals surface area contributed by atoms with Crippen molar-refractivity contribution in [3.05, 3.63) is 57.2 Å².